The first-order valence-corrected chi connectivity index (χ1v) is 8.62. The molecule has 0 aromatic heterocycles. The predicted octanol–water partition coefficient (Wildman–Crippen LogP) is 2.35. The largest absolute Gasteiger partial charge is 0.464 e. The molecule has 2 atom stereocenters. The molecule has 0 bridgehead atoms. The van der Waals surface area contributed by atoms with E-state index in [0.29, 0.717) is 6.42 Å². The fraction of sp³-hybridized carbons (Fsp3) is 0.812. The molecule has 23 heavy (non-hydrogen) atoms. The van der Waals surface area contributed by atoms with E-state index in [-0.39, 0.29) is 22.6 Å². The summed E-state index contributed by atoms with van der Waals surface area (Å²) in [6.07, 6.45) is 0.306. The molecule has 2 unspecified atom stereocenters. The highest BCUT2D eigenvalue weighted by atomic mass is 32.2. The molecule has 1 saturated heterocycles. The molecule has 1 aliphatic heterocycles. The minimum Gasteiger partial charge on any atom is -0.464 e. The maximum Gasteiger partial charge on any atom is 0.341 e. The summed E-state index contributed by atoms with van der Waals surface area (Å²) in [6.45, 7) is 13.0. The van der Waals surface area contributed by atoms with Gasteiger partial charge in [0.15, 0.2) is 0 Å². The average molecular weight is 345 g/mol. The van der Waals surface area contributed by atoms with Crippen molar-refractivity contribution in [2.75, 3.05) is 6.61 Å². The van der Waals surface area contributed by atoms with Crippen LogP contribution in [0.5, 0.6) is 0 Å². The van der Waals surface area contributed by atoms with Crippen molar-refractivity contribution in [3.8, 4) is 0 Å². The Morgan fingerprint density at radius 1 is 1.22 bits per heavy atom. The molecular formula is C16H27NO5S. The van der Waals surface area contributed by atoms with Crippen LogP contribution >= 0.6 is 11.8 Å². The number of nitrogens with zero attached hydrogens (tertiary/aromatic N) is 1. The van der Waals surface area contributed by atoms with Crippen molar-refractivity contribution in [2.24, 2.45) is 0 Å². The Hall–Kier alpha value is -1.24. The van der Waals surface area contributed by atoms with Gasteiger partial charge < -0.3 is 14.4 Å². The van der Waals surface area contributed by atoms with Crippen LogP contribution in [0.1, 0.15) is 54.9 Å². The predicted molar refractivity (Wildman–Crippen MR) is 88.9 cm³/mol. The third-order valence-electron chi connectivity index (χ3n) is 2.86. The Morgan fingerprint density at radius 3 is 2.17 bits per heavy atom. The summed E-state index contributed by atoms with van der Waals surface area (Å²) < 4.78 is 10.2. The van der Waals surface area contributed by atoms with Gasteiger partial charge in [-0.05, 0) is 27.7 Å². The van der Waals surface area contributed by atoms with Crippen molar-refractivity contribution >= 4 is 29.6 Å². The normalized spacial score (nSPS) is 19.9. The summed E-state index contributed by atoms with van der Waals surface area (Å²) >= 11 is 1.54. The number of β-lactam (4-membered cyclic amide) rings is 1. The van der Waals surface area contributed by atoms with Crippen molar-refractivity contribution in [1.29, 1.82) is 0 Å². The van der Waals surface area contributed by atoms with Crippen LogP contribution in [0.15, 0.2) is 0 Å². The lowest BCUT2D eigenvalue weighted by molar-refractivity contribution is -0.178. The van der Waals surface area contributed by atoms with Crippen LogP contribution in [0.2, 0.25) is 0 Å². The maximum absolute atomic E-state index is 12.4. The highest BCUT2D eigenvalue weighted by Gasteiger charge is 2.50. The minimum absolute atomic E-state index is 0.100. The second-order valence-corrected chi connectivity index (χ2v) is 9.38. The monoisotopic (exact) mass is 345 g/mol. The Bertz CT molecular complexity index is 478. The maximum atomic E-state index is 12.4. The first kappa shape index (κ1) is 19.8. The van der Waals surface area contributed by atoms with E-state index in [1.165, 1.54) is 4.90 Å². The summed E-state index contributed by atoms with van der Waals surface area (Å²) in [7, 11) is 0. The highest BCUT2D eigenvalue weighted by molar-refractivity contribution is 8.01. The van der Waals surface area contributed by atoms with Gasteiger partial charge in [-0.1, -0.05) is 20.8 Å². The molecule has 0 saturated carbocycles. The summed E-state index contributed by atoms with van der Waals surface area (Å²) in [4.78, 5) is 38.0. The summed E-state index contributed by atoms with van der Waals surface area (Å²) in [5, 5.41) is -0.232. The zero-order chi connectivity index (χ0) is 18.0. The lowest BCUT2D eigenvalue weighted by Gasteiger charge is -2.45. The van der Waals surface area contributed by atoms with Gasteiger partial charge in [0.25, 0.3) is 0 Å². The fourth-order valence-electron chi connectivity index (χ4n) is 2.12. The van der Waals surface area contributed by atoms with E-state index in [1.807, 2.05) is 20.8 Å². The van der Waals surface area contributed by atoms with Gasteiger partial charge in [-0.2, -0.15) is 0 Å². The molecule has 0 aromatic rings. The number of thioether (sulfide) groups is 1. The van der Waals surface area contributed by atoms with Crippen LogP contribution in [0.3, 0.4) is 0 Å². The Kier molecular flexibility index (Phi) is 6.12. The van der Waals surface area contributed by atoms with Gasteiger partial charge in [0.1, 0.15) is 5.60 Å². The third-order valence-corrected chi connectivity index (χ3v) is 4.23. The second kappa shape index (κ2) is 7.11. The second-order valence-electron chi connectivity index (χ2n) is 7.38. The van der Waals surface area contributed by atoms with Crippen molar-refractivity contribution in [3.63, 3.8) is 0 Å². The van der Waals surface area contributed by atoms with Gasteiger partial charge in [-0.25, -0.2) is 9.59 Å². The molecule has 1 rings (SSSR count). The van der Waals surface area contributed by atoms with E-state index in [2.05, 4.69) is 0 Å². The van der Waals surface area contributed by atoms with Gasteiger partial charge in [-0.3, -0.25) is 4.79 Å². The number of hydrogen-bond acceptors (Lipinski definition) is 6. The first-order valence-electron chi connectivity index (χ1n) is 7.74. The smallest absolute Gasteiger partial charge is 0.341 e. The lowest BCUT2D eigenvalue weighted by atomic mass is 10.1. The number of rotatable bonds is 5. The molecule has 1 amide bonds. The molecule has 6 nitrogen and oxygen atoms in total. The van der Waals surface area contributed by atoms with E-state index in [0.717, 1.165) is 0 Å². The van der Waals surface area contributed by atoms with Crippen LogP contribution in [0.4, 0.5) is 0 Å². The topological polar surface area (TPSA) is 72.9 Å². The third kappa shape index (κ3) is 5.71. The van der Waals surface area contributed by atoms with E-state index in [4.69, 9.17) is 9.47 Å². The number of esters is 2. The number of carbonyl (C=O) groups is 3. The number of carbonyl (C=O) groups excluding carboxylic acids is 3. The number of likely N-dealkylation sites (tertiary alicyclic amines) is 1. The molecule has 0 spiro atoms. The average Bonchev–Trinajstić information content (AvgIpc) is 2.31. The van der Waals surface area contributed by atoms with Crippen LogP contribution in [0, 0.1) is 0 Å². The van der Waals surface area contributed by atoms with E-state index in [1.54, 1.807) is 39.5 Å². The molecular weight excluding hydrogens is 318 g/mol. The zero-order valence-corrected chi connectivity index (χ0v) is 15.8. The van der Waals surface area contributed by atoms with Gasteiger partial charge in [-0.15, -0.1) is 11.8 Å². The van der Waals surface area contributed by atoms with Crippen molar-refractivity contribution in [3.05, 3.63) is 0 Å². The SMILES string of the molecule is CCOC(=O)C(C(=O)OC(C)(C)C)N1C(=O)CC1SC(C)(C)C. The van der Waals surface area contributed by atoms with E-state index < -0.39 is 23.6 Å². The quantitative estimate of drug-likeness (QED) is 0.433. The van der Waals surface area contributed by atoms with Crippen molar-refractivity contribution in [1.82, 2.24) is 4.90 Å². The summed E-state index contributed by atoms with van der Waals surface area (Å²) in [6, 6.07) is -1.34. The molecule has 1 fully saturated rings. The molecule has 132 valence electrons. The number of ether oxygens (including phenoxy) is 2. The van der Waals surface area contributed by atoms with Gasteiger partial charge in [0.2, 0.25) is 11.9 Å². The van der Waals surface area contributed by atoms with Gasteiger partial charge >= 0.3 is 11.9 Å². The molecule has 7 heteroatoms. The molecule has 1 aliphatic rings. The first-order chi connectivity index (χ1) is 10.4. The molecule has 0 N–H and O–H groups in total. The minimum atomic E-state index is -1.34. The number of amides is 1. The zero-order valence-electron chi connectivity index (χ0n) is 15.0. The van der Waals surface area contributed by atoms with Crippen LogP contribution < -0.4 is 0 Å². The Balaban J connectivity index is 3.00. The Morgan fingerprint density at radius 2 is 1.78 bits per heavy atom. The lowest BCUT2D eigenvalue weighted by Crippen LogP contribution is -2.62. The Labute approximate surface area is 142 Å². The molecule has 0 aliphatic carbocycles. The fourth-order valence-corrected chi connectivity index (χ4v) is 3.52. The van der Waals surface area contributed by atoms with Crippen LogP contribution in [-0.4, -0.2) is 51.1 Å². The van der Waals surface area contributed by atoms with E-state index >= 15 is 0 Å². The highest BCUT2D eigenvalue weighted by Crippen LogP contribution is 2.39. The van der Waals surface area contributed by atoms with Crippen LogP contribution in [0.25, 0.3) is 0 Å². The van der Waals surface area contributed by atoms with E-state index in [9.17, 15) is 14.4 Å². The molecule has 1 heterocycles. The van der Waals surface area contributed by atoms with Crippen molar-refractivity contribution < 1.29 is 23.9 Å². The standard InChI is InChI=1S/C16H27NO5S/c1-8-21-13(19)12(14(20)22-15(2,3)4)17-10(18)9-11(17)23-16(5,6)7/h11-12H,8-9H2,1-7H3. The number of hydrogen-bond donors (Lipinski definition) is 0. The van der Waals surface area contributed by atoms with Gasteiger partial charge in [0.05, 0.1) is 18.4 Å². The molecule has 0 aromatic carbocycles. The summed E-state index contributed by atoms with van der Waals surface area (Å²) in [5.74, 6) is -1.73. The van der Waals surface area contributed by atoms with Gasteiger partial charge in [0, 0.05) is 4.75 Å². The summed E-state index contributed by atoms with van der Waals surface area (Å²) in [5.41, 5.74) is -0.748. The van der Waals surface area contributed by atoms with Crippen molar-refractivity contribution in [2.45, 2.75) is 76.7 Å². The molecule has 0 radical (unpaired) electrons. The van der Waals surface area contributed by atoms with Crippen LogP contribution in [-0.2, 0) is 23.9 Å².